The van der Waals surface area contributed by atoms with Crippen LogP contribution in [0.5, 0.6) is 0 Å². The highest BCUT2D eigenvalue weighted by molar-refractivity contribution is 7.17. The van der Waals surface area contributed by atoms with Gasteiger partial charge in [0.05, 0.1) is 17.5 Å². The van der Waals surface area contributed by atoms with Gasteiger partial charge in [0.25, 0.3) is 0 Å². The molecule has 2 heterocycles. The lowest BCUT2D eigenvalue weighted by molar-refractivity contribution is -0.0731. The largest absolute Gasteiger partial charge is 0.392 e. The Labute approximate surface area is 117 Å². The minimum absolute atomic E-state index is 0.0255. The number of thiazole rings is 1. The first kappa shape index (κ1) is 13.1. The number of imidazole rings is 1. The quantitative estimate of drug-likeness (QED) is 0.906. The number of aliphatic hydroxyl groups excluding tert-OH is 1. The number of aliphatic hydroxyl groups is 1. The van der Waals surface area contributed by atoms with E-state index in [4.69, 9.17) is 0 Å². The average Bonchev–Trinajstić information content (AvgIpc) is 2.81. The van der Waals surface area contributed by atoms with Crippen LogP contribution >= 0.6 is 11.3 Å². The third-order valence-electron chi connectivity index (χ3n) is 4.47. The van der Waals surface area contributed by atoms with Crippen LogP contribution in [0.1, 0.15) is 36.5 Å². The molecule has 104 valence electrons. The molecular formula is C14H21N3OS. The van der Waals surface area contributed by atoms with Crippen LogP contribution in [0.2, 0.25) is 0 Å². The van der Waals surface area contributed by atoms with Gasteiger partial charge in [0.2, 0.25) is 0 Å². The third kappa shape index (κ3) is 2.00. The van der Waals surface area contributed by atoms with E-state index in [0.29, 0.717) is 6.04 Å². The summed E-state index contributed by atoms with van der Waals surface area (Å²) in [4.78, 5) is 6.95. The lowest BCUT2D eigenvalue weighted by Crippen LogP contribution is -2.59. The third-order valence-corrected chi connectivity index (χ3v) is 5.37. The minimum atomic E-state index is -0.181. The van der Waals surface area contributed by atoms with Crippen molar-refractivity contribution < 1.29 is 5.11 Å². The summed E-state index contributed by atoms with van der Waals surface area (Å²) >= 11 is 1.73. The molecule has 2 N–H and O–H groups in total. The molecule has 2 atom stereocenters. The summed E-state index contributed by atoms with van der Waals surface area (Å²) < 4.78 is 2.18. The first-order valence-corrected chi connectivity index (χ1v) is 7.56. The van der Waals surface area contributed by atoms with E-state index >= 15 is 0 Å². The first-order chi connectivity index (χ1) is 8.89. The molecule has 0 radical (unpaired) electrons. The molecule has 2 unspecified atom stereocenters. The van der Waals surface area contributed by atoms with Gasteiger partial charge in [-0.1, -0.05) is 13.8 Å². The molecule has 0 aromatic carbocycles. The topological polar surface area (TPSA) is 49.6 Å². The van der Waals surface area contributed by atoms with Crippen LogP contribution < -0.4 is 5.32 Å². The fourth-order valence-electron chi connectivity index (χ4n) is 2.79. The van der Waals surface area contributed by atoms with Crippen molar-refractivity contribution in [3.63, 3.8) is 0 Å². The van der Waals surface area contributed by atoms with E-state index in [9.17, 15) is 5.11 Å². The van der Waals surface area contributed by atoms with Crippen LogP contribution in [0.25, 0.3) is 4.96 Å². The van der Waals surface area contributed by atoms with E-state index in [1.807, 2.05) is 0 Å². The van der Waals surface area contributed by atoms with E-state index in [-0.39, 0.29) is 11.5 Å². The number of hydrogen-bond acceptors (Lipinski definition) is 4. The zero-order chi connectivity index (χ0) is 13.8. The number of hydrogen-bond donors (Lipinski definition) is 2. The average molecular weight is 279 g/mol. The monoisotopic (exact) mass is 279 g/mol. The van der Waals surface area contributed by atoms with Crippen molar-refractivity contribution in [1.29, 1.82) is 0 Å². The lowest BCUT2D eigenvalue weighted by Gasteiger charge is -2.49. The van der Waals surface area contributed by atoms with Gasteiger partial charge in [0.1, 0.15) is 0 Å². The van der Waals surface area contributed by atoms with E-state index < -0.39 is 0 Å². The molecule has 1 aliphatic rings. The lowest BCUT2D eigenvalue weighted by atomic mass is 9.64. The van der Waals surface area contributed by atoms with Crippen molar-refractivity contribution in [1.82, 2.24) is 14.7 Å². The normalized spacial score (nSPS) is 25.7. The molecule has 0 bridgehead atoms. The maximum absolute atomic E-state index is 9.78. The van der Waals surface area contributed by atoms with E-state index in [1.54, 1.807) is 11.3 Å². The molecule has 0 aliphatic heterocycles. The summed E-state index contributed by atoms with van der Waals surface area (Å²) in [5.41, 5.74) is 2.30. The minimum Gasteiger partial charge on any atom is -0.392 e. The van der Waals surface area contributed by atoms with Gasteiger partial charge in [0, 0.05) is 29.1 Å². The Kier molecular flexibility index (Phi) is 2.96. The summed E-state index contributed by atoms with van der Waals surface area (Å²) in [6.07, 6.45) is 2.81. The summed E-state index contributed by atoms with van der Waals surface area (Å²) in [6.45, 7) is 9.22. The smallest absolute Gasteiger partial charge is 0.194 e. The molecule has 2 aromatic rings. The number of aromatic nitrogens is 2. The zero-order valence-electron chi connectivity index (χ0n) is 11.9. The number of fused-ring (bicyclic) bond motifs is 1. The maximum Gasteiger partial charge on any atom is 0.194 e. The number of rotatable bonds is 3. The van der Waals surface area contributed by atoms with Crippen molar-refractivity contribution >= 4 is 16.3 Å². The van der Waals surface area contributed by atoms with Crippen molar-refractivity contribution in [2.45, 2.75) is 52.8 Å². The second-order valence-corrected chi connectivity index (χ2v) is 7.36. The highest BCUT2D eigenvalue weighted by Crippen LogP contribution is 2.40. The van der Waals surface area contributed by atoms with Gasteiger partial charge in [-0.05, 0) is 20.3 Å². The molecule has 0 saturated heterocycles. The zero-order valence-corrected chi connectivity index (χ0v) is 12.7. The predicted molar refractivity (Wildman–Crippen MR) is 77.6 cm³/mol. The van der Waals surface area contributed by atoms with Crippen molar-refractivity contribution in [3.8, 4) is 0 Å². The predicted octanol–water partition coefficient (Wildman–Crippen LogP) is 2.26. The summed E-state index contributed by atoms with van der Waals surface area (Å²) in [6, 6.07) is 0.382. The molecule has 3 rings (SSSR count). The second-order valence-electron chi connectivity index (χ2n) is 6.14. The fraction of sp³-hybridized carbons (Fsp3) is 0.643. The molecule has 0 spiro atoms. The molecule has 4 nitrogen and oxygen atoms in total. The maximum atomic E-state index is 9.78. The number of nitrogens with zero attached hydrogens (tertiary/aromatic N) is 2. The van der Waals surface area contributed by atoms with Gasteiger partial charge in [-0.15, -0.1) is 11.3 Å². The SMILES string of the molecule is Cc1cn2c(CNC3CC(O)C3(C)C)c(C)nc2s1. The Morgan fingerprint density at radius 1 is 1.53 bits per heavy atom. The van der Waals surface area contributed by atoms with Gasteiger partial charge < -0.3 is 10.4 Å². The summed E-state index contributed by atoms with van der Waals surface area (Å²) in [5, 5.41) is 13.3. The Morgan fingerprint density at radius 3 is 2.89 bits per heavy atom. The second kappa shape index (κ2) is 4.30. The molecular weight excluding hydrogens is 258 g/mol. The van der Waals surface area contributed by atoms with Gasteiger partial charge in [-0.3, -0.25) is 4.40 Å². The molecule has 0 amide bonds. The summed E-state index contributed by atoms with van der Waals surface area (Å²) in [5.74, 6) is 0. The van der Waals surface area contributed by atoms with Crippen LogP contribution in [0, 0.1) is 19.3 Å². The molecule has 1 aliphatic carbocycles. The Bertz CT molecular complexity index is 614. The molecule has 5 heteroatoms. The fourth-order valence-corrected chi connectivity index (χ4v) is 3.68. The van der Waals surface area contributed by atoms with Crippen molar-refractivity contribution in [2.75, 3.05) is 0 Å². The van der Waals surface area contributed by atoms with Gasteiger partial charge in [-0.2, -0.15) is 0 Å². The van der Waals surface area contributed by atoms with Crippen LogP contribution in [0.3, 0.4) is 0 Å². The van der Waals surface area contributed by atoms with E-state index in [0.717, 1.165) is 23.6 Å². The van der Waals surface area contributed by atoms with Crippen LogP contribution in [0.4, 0.5) is 0 Å². The van der Waals surface area contributed by atoms with Crippen LogP contribution in [-0.2, 0) is 6.54 Å². The first-order valence-electron chi connectivity index (χ1n) is 6.75. The molecule has 2 aromatic heterocycles. The molecule has 1 saturated carbocycles. The van der Waals surface area contributed by atoms with Crippen LogP contribution in [-0.4, -0.2) is 26.6 Å². The van der Waals surface area contributed by atoms with Gasteiger partial charge >= 0.3 is 0 Å². The highest BCUT2D eigenvalue weighted by Gasteiger charge is 2.46. The molecule has 19 heavy (non-hydrogen) atoms. The number of nitrogens with one attached hydrogen (secondary N) is 1. The standard InChI is InChI=1S/C14H21N3OS/c1-8-7-17-10(9(2)16-13(17)19-8)6-15-11-5-12(18)14(11,3)4/h7,11-12,15,18H,5-6H2,1-4H3. The van der Waals surface area contributed by atoms with Gasteiger partial charge in [-0.25, -0.2) is 4.98 Å². The Balaban J connectivity index is 1.77. The Morgan fingerprint density at radius 2 is 2.26 bits per heavy atom. The number of aryl methyl sites for hydroxylation is 2. The van der Waals surface area contributed by atoms with E-state index in [2.05, 4.69) is 48.6 Å². The van der Waals surface area contributed by atoms with Gasteiger partial charge in [0.15, 0.2) is 4.96 Å². The molecule has 1 fully saturated rings. The summed E-state index contributed by atoms with van der Waals surface area (Å²) in [7, 11) is 0. The Hall–Kier alpha value is -0.910. The van der Waals surface area contributed by atoms with E-state index in [1.165, 1.54) is 10.6 Å². The van der Waals surface area contributed by atoms with Crippen LogP contribution in [0.15, 0.2) is 6.20 Å². The highest BCUT2D eigenvalue weighted by atomic mass is 32.1. The van der Waals surface area contributed by atoms with Crippen molar-refractivity contribution in [2.24, 2.45) is 5.41 Å². The van der Waals surface area contributed by atoms with Crippen molar-refractivity contribution in [3.05, 3.63) is 22.5 Å².